The van der Waals surface area contributed by atoms with Crippen LogP contribution in [0, 0.1) is 5.92 Å². The SMILES string of the molecule is C=Cc1ccc(C(=O)N2CCC[C@@H](CCC(=O)N(C)CCc3ccccn3)C2)cc1. The highest BCUT2D eigenvalue weighted by molar-refractivity contribution is 5.94. The molecule has 1 aliphatic rings. The van der Waals surface area contributed by atoms with Crippen molar-refractivity contribution >= 4 is 17.9 Å². The molecule has 3 rings (SSSR count). The lowest BCUT2D eigenvalue weighted by Crippen LogP contribution is -2.40. The number of likely N-dealkylation sites (N-methyl/N-ethyl adjacent to an activating group) is 1. The van der Waals surface area contributed by atoms with E-state index in [0.717, 1.165) is 50.0 Å². The minimum absolute atomic E-state index is 0.0779. The molecule has 1 aliphatic heterocycles. The van der Waals surface area contributed by atoms with Crippen molar-refractivity contribution < 1.29 is 9.59 Å². The lowest BCUT2D eigenvalue weighted by atomic mass is 9.92. The Morgan fingerprint density at radius 1 is 1.23 bits per heavy atom. The van der Waals surface area contributed by atoms with Gasteiger partial charge in [0.05, 0.1) is 0 Å². The van der Waals surface area contributed by atoms with Gasteiger partial charge in [-0.3, -0.25) is 14.6 Å². The molecule has 1 saturated heterocycles. The Bertz CT molecular complexity index is 848. The van der Waals surface area contributed by atoms with Crippen LogP contribution >= 0.6 is 0 Å². The van der Waals surface area contributed by atoms with Gasteiger partial charge in [0.15, 0.2) is 0 Å². The van der Waals surface area contributed by atoms with Gasteiger partial charge in [-0.2, -0.15) is 0 Å². The van der Waals surface area contributed by atoms with Gasteiger partial charge in [0.2, 0.25) is 5.91 Å². The number of carbonyl (C=O) groups is 2. The van der Waals surface area contributed by atoms with Gasteiger partial charge in [0.25, 0.3) is 5.91 Å². The first kappa shape index (κ1) is 21.8. The third kappa shape index (κ3) is 6.02. The second-order valence-corrected chi connectivity index (χ2v) is 8.01. The van der Waals surface area contributed by atoms with Gasteiger partial charge in [-0.05, 0) is 55.0 Å². The second kappa shape index (κ2) is 10.7. The number of benzene rings is 1. The third-order valence-electron chi connectivity index (χ3n) is 5.82. The summed E-state index contributed by atoms with van der Waals surface area (Å²) in [6, 6.07) is 13.4. The number of rotatable bonds is 8. The fraction of sp³-hybridized carbons (Fsp3) is 0.400. The Labute approximate surface area is 179 Å². The number of hydrogen-bond donors (Lipinski definition) is 0. The normalized spacial score (nSPS) is 16.2. The maximum Gasteiger partial charge on any atom is 0.253 e. The van der Waals surface area contributed by atoms with Crippen LogP contribution in [-0.2, 0) is 11.2 Å². The average molecular weight is 406 g/mol. The summed E-state index contributed by atoms with van der Waals surface area (Å²) in [6.45, 7) is 5.94. The number of amides is 2. The van der Waals surface area contributed by atoms with Crippen molar-refractivity contribution in [1.29, 1.82) is 0 Å². The van der Waals surface area contributed by atoms with E-state index in [1.807, 2.05) is 54.4 Å². The number of pyridine rings is 1. The van der Waals surface area contributed by atoms with Crippen molar-refractivity contribution in [2.24, 2.45) is 5.92 Å². The first-order valence-electron chi connectivity index (χ1n) is 10.7. The van der Waals surface area contributed by atoms with Gasteiger partial charge in [-0.15, -0.1) is 0 Å². The van der Waals surface area contributed by atoms with E-state index in [-0.39, 0.29) is 11.8 Å². The van der Waals surface area contributed by atoms with E-state index in [0.29, 0.717) is 24.4 Å². The van der Waals surface area contributed by atoms with E-state index < -0.39 is 0 Å². The van der Waals surface area contributed by atoms with E-state index in [9.17, 15) is 9.59 Å². The zero-order valence-electron chi connectivity index (χ0n) is 17.8. The molecule has 5 nitrogen and oxygen atoms in total. The highest BCUT2D eigenvalue weighted by Gasteiger charge is 2.25. The van der Waals surface area contributed by atoms with Gasteiger partial charge < -0.3 is 9.80 Å². The number of hydrogen-bond acceptors (Lipinski definition) is 3. The number of likely N-dealkylation sites (tertiary alicyclic amines) is 1. The van der Waals surface area contributed by atoms with E-state index in [1.165, 1.54) is 0 Å². The van der Waals surface area contributed by atoms with Crippen molar-refractivity contribution in [3.63, 3.8) is 0 Å². The number of piperidine rings is 1. The Hall–Kier alpha value is -2.95. The number of carbonyl (C=O) groups excluding carboxylic acids is 2. The molecule has 1 fully saturated rings. The molecule has 5 heteroatoms. The largest absolute Gasteiger partial charge is 0.345 e. The van der Waals surface area contributed by atoms with Gasteiger partial charge in [0.1, 0.15) is 0 Å². The Morgan fingerprint density at radius 2 is 2.03 bits per heavy atom. The second-order valence-electron chi connectivity index (χ2n) is 8.01. The summed E-state index contributed by atoms with van der Waals surface area (Å²) in [5, 5.41) is 0. The molecule has 158 valence electrons. The highest BCUT2D eigenvalue weighted by Crippen LogP contribution is 2.23. The van der Waals surface area contributed by atoms with Crippen molar-refractivity contribution in [2.75, 3.05) is 26.7 Å². The molecule has 2 aromatic rings. The summed E-state index contributed by atoms with van der Waals surface area (Å²) >= 11 is 0. The predicted octanol–water partition coefficient (Wildman–Crippen LogP) is 4.06. The highest BCUT2D eigenvalue weighted by atomic mass is 16.2. The lowest BCUT2D eigenvalue weighted by molar-refractivity contribution is -0.130. The molecule has 0 saturated carbocycles. The zero-order valence-corrected chi connectivity index (χ0v) is 17.8. The van der Waals surface area contributed by atoms with Crippen LogP contribution in [-0.4, -0.2) is 53.3 Å². The standard InChI is InChI=1S/C25H31N3O2/c1-3-20-9-12-22(13-10-20)25(30)28-17-6-7-21(19-28)11-14-24(29)27(2)18-15-23-8-4-5-16-26-23/h3-5,8-10,12-13,16,21H,1,6-7,11,14-15,17-19H2,2H3/t21-/m0/s1. The summed E-state index contributed by atoms with van der Waals surface area (Å²) in [7, 11) is 1.86. The molecule has 1 atom stereocenters. The Kier molecular flexibility index (Phi) is 7.77. The van der Waals surface area contributed by atoms with Crippen molar-refractivity contribution in [2.45, 2.75) is 32.1 Å². The van der Waals surface area contributed by atoms with Gasteiger partial charge in [-0.1, -0.05) is 30.9 Å². The zero-order chi connectivity index (χ0) is 21.3. The molecular weight excluding hydrogens is 374 g/mol. The van der Waals surface area contributed by atoms with E-state index in [1.54, 1.807) is 17.2 Å². The van der Waals surface area contributed by atoms with Gasteiger partial charge in [-0.25, -0.2) is 0 Å². The first-order chi connectivity index (χ1) is 14.6. The lowest BCUT2D eigenvalue weighted by Gasteiger charge is -2.33. The molecule has 30 heavy (non-hydrogen) atoms. The fourth-order valence-corrected chi connectivity index (χ4v) is 3.90. The minimum atomic E-state index is 0.0779. The van der Waals surface area contributed by atoms with E-state index in [2.05, 4.69) is 11.6 Å². The van der Waals surface area contributed by atoms with Crippen LogP contribution in [0.15, 0.2) is 55.2 Å². The monoisotopic (exact) mass is 405 g/mol. The maximum absolute atomic E-state index is 12.8. The fourth-order valence-electron chi connectivity index (χ4n) is 3.90. The summed E-state index contributed by atoms with van der Waals surface area (Å²) in [4.78, 5) is 33.4. The van der Waals surface area contributed by atoms with Crippen LogP contribution < -0.4 is 0 Å². The molecule has 2 heterocycles. The molecule has 1 aromatic carbocycles. The van der Waals surface area contributed by atoms with Crippen LogP contribution in [0.2, 0.25) is 0 Å². The third-order valence-corrected chi connectivity index (χ3v) is 5.82. The van der Waals surface area contributed by atoms with Crippen LogP contribution in [0.3, 0.4) is 0 Å². The molecular formula is C25H31N3O2. The van der Waals surface area contributed by atoms with E-state index in [4.69, 9.17) is 0 Å². The van der Waals surface area contributed by atoms with E-state index >= 15 is 0 Å². The molecule has 0 spiro atoms. The molecule has 0 unspecified atom stereocenters. The molecule has 2 amide bonds. The van der Waals surface area contributed by atoms with Crippen LogP contribution in [0.1, 0.15) is 47.3 Å². The van der Waals surface area contributed by atoms with Gasteiger partial charge in [0, 0.05) is 57.0 Å². The van der Waals surface area contributed by atoms with Crippen molar-refractivity contribution in [3.8, 4) is 0 Å². The minimum Gasteiger partial charge on any atom is -0.345 e. The molecule has 0 N–H and O–H groups in total. The first-order valence-corrected chi connectivity index (χ1v) is 10.7. The summed E-state index contributed by atoms with van der Waals surface area (Å²) in [6.07, 6.45) is 7.73. The van der Waals surface area contributed by atoms with Crippen molar-refractivity contribution in [1.82, 2.24) is 14.8 Å². The molecule has 0 bridgehead atoms. The quantitative estimate of drug-likeness (QED) is 0.666. The van der Waals surface area contributed by atoms with Crippen LogP contribution in [0.5, 0.6) is 0 Å². The van der Waals surface area contributed by atoms with Crippen molar-refractivity contribution in [3.05, 3.63) is 72.1 Å². The summed E-state index contributed by atoms with van der Waals surface area (Å²) in [5.41, 5.74) is 2.72. The molecule has 0 radical (unpaired) electrons. The maximum atomic E-state index is 12.8. The summed E-state index contributed by atoms with van der Waals surface area (Å²) < 4.78 is 0. The molecule has 0 aliphatic carbocycles. The Balaban J connectivity index is 1.45. The summed E-state index contributed by atoms with van der Waals surface area (Å²) in [5.74, 6) is 0.617. The average Bonchev–Trinajstić information content (AvgIpc) is 2.81. The predicted molar refractivity (Wildman–Crippen MR) is 120 cm³/mol. The van der Waals surface area contributed by atoms with Crippen LogP contribution in [0.4, 0.5) is 0 Å². The molecule has 1 aromatic heterocycles. The topological polar surface area (TPSA) is 53.5 Å². The number of aromatic nitrogens is 1. The Morgan fingerprint density at radius 3 is 2.73 bits per heavy atom. The smallest absolute Gasteiger partial charge is 0.253 e. The van der Waals surface area contributed by atoms with Crippen LogP contribution in [0.25, 0.3) is 6.08 Å². The number of nitrogens with zero attached hydrogens (tertiary/aromatic N) is 3. The van der Waals surface area contributed by atoms with Gasteiger partial charge >= 0.3 is 0 Å².